The van der Waals surface area contributed by atoms with Gasteiger partial charge in [0.05, 0.1) is 0 Å². The Morgan fingerprint density at radius 3 is 1.65 bits per heavy atom. The van der Waals surface area contributed by atoms with Crippen LogP contribution < -0.4 is 0 Å². The summed E-state index contributed by atoms with van der Waals surface area (Å²) in [4.78, 5) is 0. The predicted molar refractivity (Wildman–Crippen MR) is 88.2 cm³/mol. The molecule has 1 heteroatoms. The Balaban J connectivity index is 1.76. The maximum Gasteiger partial charge on any atom is 0.104 e. The minimum Gasteiger partial charge on any atom is -0.466 e. The molecule has 0 atom stereocenters. The van der Waals surface area contributed by atoms with Crippen molar-refractivity contribution in [2.75, 3.05) is 0 Å². The van der Waals surface area contributed by atoms with Crippen molar-refractivity contribution in [2.45, 2.75) is 97.3 Å². The van der Waals surface area contributed by atoms with Crippen molar-refractivity contribution in [3.8, 4) is 0 Å². The Kier molecular flexibility index (Phi) is 10.4. The summed E-state index contributed by atoms with van der Waals surface area (Å²) >= 11 is 0. The first kappa shape index (κ1) is 17.3. The lowest BCUT2D eigenvalue weighted by Crippen LogP contribution is -1.85. The van der Waals surface area contributed by atoms with E-state index in [2.05, 4.69) is 19.1 Å². The first-order chi connectivity index (χ1) is 9.83. The van der Waals surface area contributed by atoms with Crippen LogP contribution in [0.3, 0.4) is 0 Å². The molecule has 0 aromatic carbocycles. The molecule has 1 aromatic rings. The molecule has 0 saturated carbocycles. The molecule has 1 heterocycles. The molecule has 0 saturated heterocycles. The molecule has 0 aliphatic carbocycles. The highest BCUT2D eigenvalue weighted by atomic mass is 16.3. The predicted octanol–water partition coefficient (Wildman–Crippen LogP) is 6.83. The molecule has 0 unspecified atom stereocenters. The van der Waals surface area contributed by atoms with Crippen LogP contribution in [0.2, 0.25) is 0 Å². The molecule has 1 nitrogen and oxygen atoms in total. The maximum atomic E-state index is 5.58. The Bertz CT molecular complexity index is 313. The van der Waals surface area contributed by atoms with E-state index >= 15 is 0 Å². The Morgan fingerprint density at radius 2 is 1.20 bits per heavy atom. The van der Waals surface area contributed by atoms with E-state index in [1.807, 2.05) is 6.92 Å². The van der Waals surface area contributed by atoms with Crippen LogP contribution in [0.25, 0.3) is 0 Å². The molecule has 1 aromatic heterocycles. The normalized spacial score (nSPS) is 11.1. The van der Waals surface area contributed by atoms with Crippen molar-refractivity contribution < 1.29 is 4.42 Å². The van der Waals surface area contributed by atoms with Gasteiger partial charge in [-0.3, -0.25) is 0 Å². The number of aryl methyl sites for hydroxylation is 2. The van der Waals surface area contributed by atoms with Crippen molar-refractivity contribution in [3.05, 3.63) is 23.7 Å². The summed E-state index contributed by atoms with van der Waals surface area (Å²) in [5.74, 6) is 2.20. The monoisotopic (exact) mass is 278 g/mol. The maximum absolute atomic E-state index is 5.58. The van der Waals surface area contributed by atoms with Crippen molar-refractivity contribution >= 4 is 0 Å². The van der Waals surface area contributed by atoms with Crippen molar-refractivity contribution in [1.82, 2.24) is 0 Å². The van der Waals surface area contributed by atoms with Crippen molar-refractivity contribution in [1.29, 1.82) is 0 Å². The Hall–Kier alpha value is -0.720. The molecule has 0 N–H and O–H groups in total. The molecule has 116 valence electrons. The van der Waals surface area contributed by atoms with Crippen molar-refractivity contribution in [2.24, 2.45) is 0 Å². The molecule has 0 aliphatic heterocycles. The van der Waals surface area contributed by atoms with Gasteiger partial charge in [0, 0.05) is 6.42 Å². The number of hydrogen-bond acceptors (Lipinski definition) is 1. The fraction of sp³-hybridized carbons (Fsp3) is 0.789. The molecular weight excluding hydrogens is 244 g/mol. The first-order valence-electron chi connectivity index (χ1n) is 8.88. The van der Waals surface area contributed by atoms with Gasteiger partial charge in [-0.1, -0.05) is 77.6 Å². The van der Waals surface area contributed by atoms with Gasteiger partial charge < -0.3 is 4.42 Å². The highest BCUT2D eigenvalue weighted by Gasteiger charge is 1.98. The average Bonchev–Trinajstić information content (AvgIpc) is 2.86. The highest BCUT2D eigenvalue weighted by molar-refractivity contribution is 5.05. The molecule has 0 radical (unpaired) electrons. The molecule has 0 aliphatic rings. The van der Waals surface area contributed by atoms with Crippen molar-refractivity contribution in [3.63, 3.8) is 0 Å². The summed E-state index contributed by atoms with van der Waals surface area (Å²) in [5.41, 5.74) is 0. The van der Waals surface area contributed by atoms with E-state index < -0.39 is 0 Å². The van der Waals surface area contributed by atoms with E-state index in [1.165, 1.54) is 77.0 Å². The molecule has 0 bridgehead atoms. The number of furan rings is 1. The van der Waals surface area contributed by atoms with Crippen LogP contribution in [0.5, 0.6) is 0 Å². The molecule has 20 heavy (non-hydrogen) atoms. The van der Waals surface area contributed by atoms with Gasteiger partial charge in [-0.15, -0.1) is 0 Å². The molecule has 0 amide bonds. The fourth-order valence-electron chi connectivity index (χ4n) is 2.76. The molecule has 1 rings (SSSR count). The van der Waals surface area contributed by atoms with Crippen LogP contribution in [0, 0.1) is 6.92 Å². The van der Waals surface area contributed by atoms with Gasteiger partial charge in [0.1, 0.15) is 11.5 Å². The average molecular weight is 278 g/mol. The van der Waals surface area contributed by atoms with Gasteiger partial charge in [-0.05, 0) is 25.5 Å². The fourth-order valence-corrected chi connectivity index (χ4v) is 2.76. The number of rotatable bonds is 13. The smallest absolute Gasteiger partial charge is 0.104 e. The summed E-state index contributed by atoms with van der Waals surface area (Å²) in [6.45, 7) is 4.30. The van der Waals surface area contributed by atoms with E-state index in [0.29, 0.717) is 0 Å². The third kappa shape index (κ3) is 9.23. The Labute approximate surface area is 126 Å². The number of unbranched alkanes of at least 4 members (excludes halogenated alkanes) is 11. The number of hydrogen-bond donors (Lipinski definition) is 0. The summed E-state index contributed by atoms with van der Waals surface area (Å²) in [6.07, 6.45) is 18.1. The summed E-state index contributed by atoms with van der Waals surface area (Å²) in [7, 11) is 0. The van der Waals surface area contributed by atoms with E-state index in [1.54, 1.807) is 0 Å². The first-order valence-corrected chi connectivity index (χ1v) is 8.88. The van der Waals surface area contributed by atoms with E-state index in [4.69, 9.17) is 4.42 Å². The summed E-state index contributed by atoms with van der Waals surface area (Å²) in [6, 6.07) is 4.18. The van der Waals surface area contributed by atoms with Crippen LogP contribution >= 0.6 is 0 Å². The third-order valence-corrected chi connectivity index (χ3v) is 4.07. The van der Waals surface area contributed by atoms with E-state index in [-0.39, 0.29) is 0 Å². The van der Waals surface area contributed by atoms with Gasteiger partial charge in [0.25, 0.3) is 0 Å². The minimum atomic E-state index is 1.04. The third-order valence-electron chi connectivity index (χ3n) is 4.07. The standard InChI is InChI=1S/C19H34O/c1-3-4-5-6-7-8-9-10-11-12-13-14-15-19-17-16-18(2)20-19/h16-17H,3-15H2,1-2H3. The highest BCUT2D eigenvalue weighted by Crippen LogP contribution is 2.14. The zero-order chi connectivity index (χ0) is 14.5. The molecule has 0 spiro atoms. The van der Waals surface area contributed by atoms with Gasteiger partial charge in [0.2, 0.25) is 0 Å². The second kappa shape index (κ2) is 12.1. The zero-order valence-electron chi connectivity index (χ0n) is 13.8. The van der Waals surface area contributed by atoms with Gasteiger partial charge in [-0.25, -0.2) is 0 Å². The van der Waals surface area contributed by atoms with E-state index in [9.17, 15) is 0 Å². The van der Waals surface area contributed by atoms with Crippen LogP contribution in [-0.2, 0) is 6.42 Å². The quantitative estimate of drug-likeness (QED) is 0.360. The van der Waals surface area contributed by atoms with E-state index in [0.717, 1.165) is 17.9 Å². The lowest BCUT2D eigenvalue weighted by molar-refractivity contribution is 0.469. The molecule has 0 fully saturated rings. The van der Waals surface area contributed by atoms with Crippen LogP contribution in [0.4, 0.5) is 0 Å². The van der Waals surface area contributed by atoms with Crippen LogP contribution in [0.15, 0.2) is 16.5 Å². The summed E-state index contributed by atoms with van der Waals surface area (Å²) in [5, 5.41) is 0. The topological polar surface area (TPSA) is 13.1 Å². The van der Waals surface area contributed by atoms with Gasteiger partial charge >= 0.3 is 0 Å². The second-order valence-electron chi connectivity index (χ2n) is 6.15. The van der Waals surface area contributed by atoms with Crippen LogP contribution in [0.1, 0.15) is 95.5 Å². The van der Waals surface area contributed by atoms with Gasteiger partial charge in [-0.2, -0.15) is 0 Å². The SMILES string of the molecule is CCCCCCCCCCCCCCc1ccc(C)o1. The minimum absolute atomic E-state index is 1.04. The zero-order valence-corrected chi connectivity index (χ0v) is 13.8. The summed E-state index contributed by atoms with van der Waals surface area (Å²) < 4.78 is 5.58. The lowest BCUT2D eigenvalue weighted by Gasteiger charge is -2.02. The molecular formula is C19H34O. The Morgan fingerprint density at radius 1 is 0.700 bits per heavy atom. The second-order valence-corrected chi connectivity index (χ2v) is 6.15. The van der Waals surface area contributed by atoms with Gasteiger partial charge in [0.15, 0.2) is 0 Å². The largest absolute Gasteiger partial charge is 0.466 e. The lowest BCUT2D eigenvalue weighted by atomic mass is 10.0. The van der Waals surface area contributed by atoms with Crippen LogP contribution in [-0.4, -0.2) is 0 Å².